The van der Waals surface area contributed by atoms with E-state index in [1.54, 1.807) is 43.5 Å². The lowest BCUT2D eigenvalue weighted by atomic mass is 10.1. The third-order valence-corrected chi connectivity index (χ3v) is 4.33. The lowest BCUT2D eigenvalue weighted by molar-refractivity contribution is 0.0527. The number of nitrogen functional groups attached to an aromatic ring is 1. The molecule has 0 radical (unpaired) electrons. The summed E-state index contributed by atoms with van der Waals surface area (Å²) in [6, 6.07) is 10.1. The number of amides is 2. The molecular formula is C25H31N3O5. The van der Waals surface area contributed by atoms with Crippen molar-refractivity contribution < 1.29 is 23.8 Å². The van der Waals surface area contributed by atoms with Crippen molar-refractivity contribution in [1.82, 2.24) is 5.32 Å². The molecule has 0 saturated heterocycles. The van der Waals surface area contributed by atoms with Crippen LogP contribution >= 0.6 is 0 Å². The summed E-state index contributed by atoms with van der Waals surface area (Å²) in [4.78, 5) is 24.3. The SMILES string of the molecule is COc1ccc(NC(=O)c2ccc(N)c(C#CCCCNC(=O)OC(C)(C)C)c2)cc1OC. The second-order valence-corrected chi connectivity index (χ2v) is 8.16. The van der Waals surface area contributed by atoms with E-state index < -0.39 is 11.7 Å². The maximum atomic E-state index is 12.7. The minimum absolute atomic E-state index is 0.299. The quantitative estimate of drug-likeness (QED) is 0.329. The maximum Gasteiger partial charge on any atom is 0.407 e. The lowest BCUT2D eigenvalue weighted by Gasteiger charge is -2.19. The summed E-state index contributed by atoms with van der Waals surface area (Å²) in [5.41, 5.74) is 7.53. The number of unbranched alkanes of at least 4 members (excludes halogenated alkanes) is 1. The number of hydrogen-bond donors (Lipinski definition) is 3. The molecule has 0 fully saturated rings. The number of hydrogen-bond acceptors (Lipinski definition) is 6. The minimum atomic E-state index is -0.530. The number of carbonyl (C=O) groups excluding carboxylic acids is 2. The van der Waals surface area contributed by atoms with Crippen molar-refractivity contribution in [3.63, 3.8) is 0 Å². The van der Waals surface area contributed by atoms with Crippen molar-refractivity contribution in [2.24, 2.45) is 0 Å². The molecule has 0 aliphatic carbocycles. The lowest BCUT2D eigenvalue weighted by Crippen LogP contribution is -2.32. The van der Waals surface area contributed by atoms with Crippen molar-refractivity contribution in [3.05, 3.63) is 47.5 Å². The molecule has 8 nitrogen and oxygen atoms in total. The van der Waals surface area contributed by atoms with Gasteiger partial charge in [-0.15, -0.1) is 0 Å². The third kappa shape index (κ3) is 8.30. The van der Waals surface area contributed by atoms with E-state index in [-0.39, 0.29) is 5.91 Å². The average Bonchev–Trinajstić information content (AvgIpc) is 2.75. The van der Waals surface area contributed by atoms with Crippen molar-refractivity contribution in [1.29, 1.82) is 0 Å². The molecule has 0 aromatic heterocycles. The average molecular weight is 454 g/mol. The standard InChI is InChI=1S/C25H31N3O5/c1-25(2,3)33-24(30)27-14-8-6-7-9-17-15-18(10-12-20(17)26)23(29)28-19-11-13-21(31-4)22(16-19)32-5/h10-13,15-16H,6,8,14,26H2,1-5H3,(H,27,30)(H,28,29). The van der Waals surface area contributed by atoms with Crippen molar-refractivity contribution in [2.75, 3.05) is 31.8 Å². The summed E-state index contributed by atoms with van der Waals surface area (Å²) in [6.07, 6.45) is 0.760. The van der Waals surface area contributed by atoms with Gasteiger partial charge in [-0.2, -0.15) is 0 Å². The Kier molecular flexibility index (Phi) is 8.98. The highest BCUT2D eigenvalue weighted by molar-refractivity contribution is 6.05. The van der Waals surface area contributed by atoms with Crippen LogP contribution in [0.1, 0.15) is 49.5 Å². The predicted octanol–water partition coefficient (Wildman–Crippen LogP) is 4.19. The van der Waals surface area contributed by atoms with Gasteiger partial charge in [0, 0.05) is 41.5 Å². The second-order valence-electron chi connectivity index (χ2n) is 8.16. The van der Waals surface area contributed by atoms with Gasteiger partial charge in [0.1, 0.15) is 5.60 Å². The first-order valence-corrected chi connectivity index (χ1v) is 10.5. The highest BCUT2D eigenvalue weighted by Crippen LogP contribution is 2.30. The van der Waals surface area contributed by atoms with Crippen LogP contribution in [0.4, 0.5) is 16.2 Å². The number of nitrogens with two attached hydrogens (primary N) is 1. The number of rotatable bonds is 7. The molecule has 0 saturated carbocycles. The first kappa shape index (κ1) is 25.4. The van der Waals surface area contributed by atoms with Crippen LogP contribution in [0.2, 0.25) is 0 Å². The Morgan fingerprint density at radius 1 is 1.03 bits per heavy atom. The number of ether oxygens (including phenoxy) is 3. The zero-order valence-electron chi connectivity index (χ0n) is 19.7. The molecule has 0 unspecified atom stereocenters. The molecule has 8 heteroatoms. The summed E-state index contributed by atoms with van der Waals surface area (Å²) >= 11 is 0. The predicted molar refractivity (Wildman–Crippen MR) is 129 cm³/mol. The molecule has 4 N–H and O–H groups in total. The van der Waals surface area contributed by atoms with Crippen LogP contribution < -0.4 is 25.8 Å². The number of benzene rings is 2. The molecule has 0 bridgehead atoms. The summed E-state index contributed by atoms with van der Waals surface area (Å²) in [5, 5.41) is 5.51. The Labute approximate surface area is 194 Å². The zero-order valence-corrected chi connectivity index (χ0v) is 19.7. The molecule has 176 valence electrons. The van der Waals surface area contributed by atoms with E-state index in [2.05, 4.69) is 22.5 Å². The highest BCUT2D eigenvalue weighted by Gasteiger charge is 2.15. The van der Waals surface area contributed by atoms with Gasteiger partial charge in [-0.25, -0.2) is 4.79 Å². The summed E-state index contributed by atoms with van der Waals surface area (Å²) < 4.78 is 15.7. The topological polar surface area (TPSA) is 112 Å². The van der Waals surface area contributed by atoms with Gasteiger partial charge < -0.3 is 30.6 Å². The van der Waals surface area contributed by atoms with Gasteiger partial charge in [0.15, 0.2) is 11.5 Å². The van der Waals surface area contributed by atoms with Crippen LogP contribution in [0.25, 0.3) is 0 Å². The van der Waals surface area contributed by atoms with Gasteiger partial charge in [0.05, 0.1) is 14.2 Å². The van der Waals surface area contributed by atoms with E-state index in [0.29, 0.717) is 53.4 Å². The smallest absolute Gasteiger partial charge is 0.407 e. The van der Waals surface area contributed by atoms with Crippen LogP contribution in [0.15, 0.2) is 36.4 Å². The first-order valence-electron chi connectivity index (χ1n) is 10.5. The van der Waals surface area contributed by atoms with Crippen molar-refractivity contribution >= 4 is 23.4 Å². The van der Waals surface area contributed by atoms with Crippen molar-refractivity contribution in [2.45, 2.75) is 39.2 Å². The van der Waals surface area contributed by atoms with Crippen LogP contribution in [0, 0.1) is 11.8 Å². The fourth-order valence-electron chi connectivity index (χ4n) is 2.76. The monoisotopic (exact) mass is 453 g/mol. The van der Waals surface area contributed by atoms with E-state index in [4.69, 9.17) is 19.9 Å². The van der Waals surface area contributed by atoms with Gasteiger partial charge in [-0.3, -0.25) is 4.79 Å². The molecule has 0 heterocycles. The Morgan fingerprint density at radius 3 is 2.42 bits per heavy atom. The minimum Gasteiger partial charge on any atom is -0.493 e. The Bertz CT molecular complexity index is 1050. The number of carbonyl (C=O) groups is 2. The van der Waals surface area contributed by atoms with E-state index in [0.717, 1.165) is 0 Å². The number of alkyl carbamates (subject to hydrolysis) is 1. The fraction of sp³-hybridized carbons (Fsp3) is 0.360. The first-order chi connectivity index (χ1) is 15.6. The van der Waals surface area contributed by atoms with Crippen LogP contribution in [-0.4, -0.2) is 38.4 Å². The molecule has 0 aliphatic heterocycles. The van der Waals surface area contributed by atoms with Gasteiger partial charge in [0.2, 0.25) is 0 Å². The summed E-state index contributed by atoms with van der Waals surface area (Å²) in [6.45, 7) is 5.88. The largest absolute Gasteiger partial charge is 0.493 e. The Hall–Kier alpha value is -3.86. The molecule has 0 spiro atoms. The molecule has 0 aliphatic rings. The van der Waals surface area contributed by atoms with Gasteiger partial charge >= 0.3 is 6.09 Å². The van der Waals surface area contributed by atoms with Gasteiger partial charge in [-0.1, -0.05) is 11.8 Å². The van der Waals surface area contributed by atoms with Crippen LogP contribution in [0.3, 0.4) is 0 Å². The molecule has 2 aromatic rings. The van der Waals surface area contributed by atoms with E-state index in [1.807, 2.05) is 20.8 Å². The molecule has 33 heavy (non-hydrogen) atoms. The van der Waals surface area contributed by atoms with Crippen LogP contribution in [0.5, 0.6) is 11.5 Å². The second kappa shape index (κ2) is 11.7. The molecule has 2 rings (SSSR count). The van der Waals surface area contributed by atoms with E-state index in [1.165, 1.54) is 7.11 Å². The number of methoxy groups -OCH3 is 2. The molecule has 0 atom stereocenters. The Morgan fingerprint density at radius 2 is 1.76 bits per heavy atom. The molecule has 2 amide bonds. The highest BCUT2D eigenvalue weighted by atomic mass is 16.6. The number of nitrogens with one attached hydrogen (secondary N) is 2. The van der Waals surface area contributed by atoms with E-state index >= 15 is 0 Å². The summed E-state index contributed by atoms with van der Waals surface area (Å²) in [7, 11) is 3.08. The van der Waals surface area contributed by atoms with Gasteiger partial charge in [0.25, 0.3) is 5.91 Å². The fourth-order valence-corrected chi connectivity index (χ4v) is 2.76. The van der Waals surface area contributed by atoms with Crippen LogP contribution in [-0.2, 0) is 4.74 Å². The maximum absolute atomic E-state index is 12.7. The summed E-state index contributed by atoms with van der Waals surface area (Å²) in [5.74, 6) is 6.81. The number of anilines is 2. The molecule has 2 aromatic carbocycles. The van der Waals surface area contributed by atoms with E-state index in [9.17, 15) is 9.59 Å². The normalized spacial score (nSPS) is 10.5. The third-order valence-electron chi connectivity index (χ3n) is 4.33. The molecular weight excluding hydrogens is 422 g/mol. The van der Waals surface area contributed by atoms with Crippen molar-refractivity contribution in [3.8, 4) is 23.3 Å². The van der Waals surface area contributed by atoms with Gasteiger partial charge in [-0.05, 0) is 57.5 Å². The zero-order chi connectivity index (χ0) is 24.4. The Balaban J connectivity index is 1.95.